The summed E-state index contributed by atoms with van der Waals surface area (Å²) in [6.45, 7) is 3.18. The lowest BCUT2D eigenvalue weighted by molar-refractivity contribution is -0.123. The zero-order valence-corrected chi connectivity index (χ0v) is 22.4. The van der Waals surface area contributed by atoms with Gasteiger partial charge in [0, 0.05) is 37.6 Å². The smallest absolute Gasteiger partial charge is 0.316 e. The van der Waals surface area contributed by atoms with Crippen molar-refractivity contribution in [3.63, 3.8) is 0 Å². The fourth-order valence-corrected chi connectivity index (χ4v) is 4.67. The molecule has 1 saturated heterocycles. The van der Waals surface area contributed by atoms with Crippen molar-refractivity contribution in [3.05, 3.63) is 64.4 Å². The monoisotopic (exact) mass is 544 g/mol. The largest absolute Gasteiger partial charge is 0.493 e. The van der Waals surface area contributed by atoms with E-state index >= 15 is 0 Å². The van der Waals surface area contributed by atoms with E-state index < -0.39 is 0 Å². The van der Waals surface area contributed by atoms with E-state index in [1.165, 1.54) is 0 Å². The van der Waals surface area contributed by atoms with Crippen LogP contribution >= 0.6 is 23.2 Å². The predicted molar refractivity (Wildman–Crippen MR) is 144 cm³/mol. The van der Waals surface area contributed by atoms with Crippen molar-refractivity contribution >= 4 is 29.1 Å². The van der Waals surface area contributed by atoms with E-state index in [0.29, 0.717) is 34.0 Å². The fraction of sp³-hybridized carbons (Fsp3) is 0.370. The van der Waals surface area contributed by atoms with E-state index in [1.54, 1.807) is 26.6 Å². The maximum Gasteiger partial charge on any atom is 0.316 e. The van der Waals surface area contributed by atoms with Crippen LogP contribution in [0.5, 0.6) is 17.5 Å². The lowest BCUT2D eigenvalue weighted by atomic mass is 9.97. The Morgan fingerprint density at radius 2 is 1.81 bits per heavy atom. The number of ether oxygens (including phenoxy) is 3. The summed E-state index contributed by atoms with van der Waals surface area (Å²) in [5.74, 6) is 1.43. The molecular formula is C27H30Cl2N4O4. The Morgan fingerprint density at radius 1 is 1.03 bits per heavy atom. The van der Waals surface area contributed by atoms with E-state index in [2.05, 4.69) is 20.2 Å². The summed E-state index contributed by atoms with van der Waals surface area (Å²) in [5.41, 5.74) is 2.80. The Kier molecular flexibility index (Phi) is 9.44. The van der Waals surface area contributed by atoms with Gasteiger partial charge >= 0.3 is 6.01 Å². The summed E-state index contributed by atoms with van der Waals surface area (Å²) in [6.07, 6.45) is 5.44. The number of likely N-dealkylation sites (tertiary alicyclic amines) is 1. The van der Waals surface area contributed by atoms with Gasteiger partial charge in [-0.15, -0.1) is 0 Å². The van der Waals surface area contributed by atoms with Gasteiger partial charge in [0.15, 0.2) is 18.1 Å². The van der Waals surface area contributed by atoms with Gasteiger partial charge in [0.25, 0.3) is 5.91 Å². The Morgan fingerprint density at radius 3 is 2.54 bits per heavy atom. The van der Waals surface area contributed by atoms with Gasteiger partial charge in [0.2, 0.25) is 0 Å². The van der Waals surface area contributed by atoms with E-state index in [9.17, 15) is 4.79 Å². The number of aromatic nitrogens is 2. The number of hydrogen-bond acceptors (Lipinski definition) is 7. The van der Waals surface area contributed by atoms with Crippen LogP contribution in [-0.4, -0.2) is 61.2 Å². The molecule has 1 unspecified atom stereocenters. The van der Waals surface area contributed by atoms with Crippen LogP contribution in [0.4, 0.5) is 0 Å². The third-order valence-electron chi connectivity index (χ3n) is 6.26. The van der Waals surface area contributed by atoms with Gasteiger partial charge in [-0.2, -0.15) is 0 Å². The number of halogens is 2. The summed E-state index contributed by atoms with van der Waals surface area (Å²) in [6, 6.07) is 11.4. The molecule has 196 valence electrons. The van der Waals surface area contributed by atoms with Crippen molar-refractivity contribution in [2.24, 2.45) is 5.92 Å². The average molecular weight is 545 g/mol. The number of rotatable bonds is 10. The van der Waals surface area contributed by atoms with Crippen molar-refractivity contribution in [2.45, 2.75) is 19.4 Å². The van der Waals surface area contributed by atoms with Gasteiger partial charge in [0.1, 0.15) is 0 Å². The number of hydrogen-bond donors (Lipinski definition) is 1. The third kappa shape index (κ3) is 7.47. The van der Waals surface area contributed by atoms with Crippen LogP contribution in [0.25, 0.3) is 11.1 Å². The molecule has 8 nitrogen and oxygen atoms in total. The molecule has 1 fully saturated rings. The molecule has 2 aromatic carbocycles. The first-order chi connectivity index (χ1) is 17.9. The molecule has 1 atom stereocenters. The van der Waals surface area contributed by atoms with Crippen LogP contribution in [0.2, 0.25) is 10.0 Å². The Bertz CT molecular complexity index is 1210. The second kappa shape index (κ2) is 12.9. The molecule has 2 heterocycles. The number of nitrogens with zero attached hydrogens (tertiary/aromatic N) is 3. The highest BCUT2D eigenvalue weighted by molar-refractivity contribution is 6.42. The van der Waals surface area contributed by atoms with Crippen molar-refractivity contribution in [1.29, 1.82) is 0 Å². The van der Waals surface area contributed by atoms with Gasteiger partial charge in [-0.25, -0.2) is 9.97 Å². The van der Waals surface area contributed by atoms with Crippen molar-refractivity contribution in [1.82, 2.24) is 20.2 Å². The van der Waals surface area contributed by atoms with Crippen LogP contribution < -0.4 is 19.5 Å². The zero-order valence-electron chi connectivity index (χ0n) is 20.9. The lowest BCUT2D eigenvalue weighted by Gasteiger charge is -2.32. The maximum absolute atomic E-state index is 12.4. The molecule has 1 aliphatic rings. The van der Waals surface area contributed by atoms with E-state index in [1.807, 2.05) is 36.4 Å². The van der Waals surface area contributed by atoms with Crippen LogP contribution in [0.15, 0.2) is 48.8 Å². The predicted octanol–water partition coefficient (Wildman–Crippen LogP) is 4.87. The fourth-order valence-electron chi connectivity index (χ4n) is 4.35. The quantitative estimate of drug-likeness (QED) is 0.389. The molecule has 10 heteroatoms. The average Bonchev–Trinajstić information content (AvgIpc) is 2.93. The molecule has 0 aliphatic carbocycles. The number of piperidine rings is 1. The minimum Gasteiger partial charge on any atom is -0.493 e. The van der Waals surface area contributed by atoms with Gasteiger partial charge < -0.3 is 19.5 Å². The third-order valence-corrected chi connectivity index (χ3v) is 7.00. The first-order valence-corrected chi connectivity index (χ1v) is 12.8. The number of nitrogens with one attached hydrogen (secondary N) is 1. The molecule has 37 heavy (non-hydrogen) atoms. The molecular weight excluding hydrogens is 515 g/mol. The maximum atomic E-state index is 12.4. The molecule has 0 saturated carbocycles. The normalized spacial score (nSPS) is 15.7. The number of amides is 1. The molecule has 1 N–H and O–H groups in total. The minimum atomic E-state index is -0.200. The van der Waals surface area contributed by atoms with Crippen LogP contribution in [0.1, 0.15) is 18.4 Å². The van der Waals surface area contributed by atoms with Crippen LogP contribution in [0.3, 0.4) is 0 Å². The van der Waals surface area contributed by atoms with Crippen LogP contribution in [-0.2, 0) is 11.3 Å². The van der Waals surface area contributed by atoms with Gasteiger partial charge in [-0.05, 0) is 60.7 Å². The zero-order chi connectivity index (χ0) is 26.2. The molecule has 0 spiro atoms. The Hall–Kier alpha value is -3.07. The molecule has 0 bridgehead atoms. The second-order valence-corrected chi connectivity index (χ2v) is 9.72. The van der Waals surface area contributed by atoms with Crippen LogP contribution in [0, 0.1) is 5.92 Å². The van der Waals surface area contributed by atoms with Crippen molar-refractivity contribution < 1.29 is 19.0 Å². The Balaban J connectivity index is 1.22. The van der Waals surface area contributed by atoms with E-state index in [0.717, 1.165) is 49.2 Å². The van der Waals surface area contributed by atoms with Gasteiger partial charge in [-0.1, -0.05) is 35.3 Å². The minimum absolute atomic E-state index is 0.143. The SMILES string of the molecule is COc1ccc(-c2cnc(OCC(=O)NCC3CCCN(Cc4ccc(Cl)c(Cl)c4)C3)nc2)cc1OC. The number of benzene rings is 2. The standard InChI is InChI=1S/C27H30Cl2N4O4/c1-35-24-8-6-20(11-25(24)36-2)21-13-31-27(32-14-21)37-17-26(34)30-12-19-4-3-9-33(16-19)15-18-5-7-22(28)23(29)10-18/h5-8,10-11,13-14,19H,3-4,9,12,15-17H2,1-2H3,(H,30,34). The van der Waals surface area contributed by atoms with Gasteiger partial charge in [0.05, 0.1) is 24.3 Å². The number of carbonyl (C=O) groups is 1. The number of carbonyl (C=O) groups excluding carboxylic acids is 1. The lowest BCUT2D eigenvalue weighted by Crippen LogP contribution is -2.41. The highest BCUT2D eigenvalue weighted by atomic mass is 35.5. The summed E-state index contributed by atoms with van der Waals surface area (Å²) in [7, 11) is 3.18. The van der Waals surface area contributed by atoms with Gasteiger partial charge in [-0.3, -0.25) is 9.69 Å². The summed E-state index contributed by atoms with van der Waals surface area (Å²) < 4.78 is 16.1. The molecule has 3 aromatic rings. The van der Waals surface area contributed by atoms with E-state index in [-0.39, 0.29) is 18.5 Å². The highest BCUT2D eigenvalue weighted by Crippen LogP contribution is 2.32. The summed E-state index contributed by atoms with van der Waals surface area (Å²) in [4.78, 5) is 23.2. The topological polar surface area (TPSA) is 85.8 Å². The molecule has 1 aromatic heterocycles. The highest BCUT2D eigenvalue weighted by Gasteiger charge is 2.21. The summed E-state index contributed by atoms with van der Waals surface area (Å²) >= 11 is 12.2. The molecule has 1 aliphatic heterocycles. The first-order valence-electron chi connectivity index (χ1n) is 12.1. The molecule has 1 amide bonds. The first kappa shape index (κ1) is 27.0. The Labute approximate surface area is 226 Å². The van der Waals surface area contributed by atoms with E-state index in [4.69, 9.17) is 37.4 Å². The van der Waals surface area contributed by atoms with Crippen molar-refractivity contribution in [3.8, 4) is 28.6 Å². The molecule has 0 radical (unpaired) electrons. The number of methoxy groups -OCH3 is 2. The summed E-state index contributed by atoms with van der Waals surface area (Å²) in [5, 5.41) is 4.10. The second-order valence-electron chi connectivity index (χ2n) is 8.91. The molecule has 4 rings (SSSR count). The van der Waals surface area contributed by atoms with Crippen molar-refractivity contribution in [2.75, 3.05) is 40.5 Å².